The molecule has 0 amide bonds. The summed E-state index contributed by atoms with van der Waals surface area (Å²) < 4.78 is 14.3. The van der Waals surface area contributed by atoms with Crippen molar-refractivity contribution in [1.82, 2.24) is 0 Å². The Bertz CT molecular complexity index is 934. The van der Waals surface area contributed by atoms with Crippen molar-refractivity contribution < 1.29 is 4.57 Å². The first-order valence-electron chi connectivity index (χ1n) is 7.74. The van der Waals surface area contributed by atoms with E-state index in [1.54, 1.807) is 0 Å². The molecule has 0 saturated carbocycles. The van der Waals surface area contributed by atoms with Crippen molar-refractivity contribution in [1.29, 1.82) is 0 Å². The number of thiocarbonyl (C=S) groups is 1. The maximum Gasteiger partial charge on any atom is 0.197 e. The molecule has 0 heterocycles. The minimum Gasteiger partial charge on any atom is -0.343 e. The van der Waals surface area contributed by atoms with Gasteiger partial charge in [0, 0.05) is 21.9 Å². The fraction of sp³-hybridized carbons (Fsp3) is 0. The lowest BCUT2D eigenvalue weighted by atomic mass is 10.2. The van der Waals surface area contributed by atoms with Gasteiger partial charge >= 0.3 is 0 Å². The van der Waals surface area contributed by atoms with Gasteiger partial charge in [0.1, 0.15) is 4.73 Å². The molecule has 0 unspecified atom stereocenters. The Morgan fingerprint density at radius 1 is 0.880 bits per heavy atom. The molecule has 3 aromatic carbocycles. The highest BCUT2D eigenvalue weighted by Crippen LogP contribution is 2.45. The molecule has 0 radical (unpaired) electrons. The molecular weight excluding hydrogens is 345 g/mol. The van der Waals surface area contributed by atoms with Crippen LogP contribution in [0.5, 0.6) is 0 Å². The molecule has 25 heavy (non-hydrogen) atoms. The summed E-state index contributed by atoms with van der Waals surface area (Å²) in [6, 6.07) is 26.0. The van der Waals surface area contributed by atoms with E-state index in [0.29, 0.717) is 15.3 Å². The van der Waals surface area contributed by atoms with E-state index in [-0.39, 0.29) is 0 Å². The van der Waals surface area contributed by atoms with E-state index < -0.39 is 7.14 Å². The monoisotopic (exact) mass is 361 g/mol. The topological polar surface area (TPSA) is 29.1 Å². The Labute approximate surface area is 153 Å². The Morgan fingerprint density at radius 3 is 1.96 bits per heavy atom. The van der Waals surface area contributed by atoms with Crippen molar-refractivity contribution in [3.05, 3.63) is 90.5 Å². The number of rotatable bonds is 4. The summed E-state index contributed by atoms with van der Waals surface area (Å²) in [5.41, 5.74) is 1.47. The number of hydrogen-bond donors (Lipinski definition) is 1. The molecule has 0 aromatic heterocycles. The lowest BCUT2D eigenvalue weighted by molar-refractivity contribution is 0.594. The van der Waals surface area contributed by atoms with Gasteiger partial charge in [0.2, 0.25) is 0 Å². The normalized spacial score (nSPS) is 10.7. The lowest BCUT2D eigenvalue weighted by Crippen LogP contribution is -2.25. The van der Waals surface area contributed by atoms with E-state index in [1.165, 1.54) is 0 Å². The summed E-state index contributed by atoms with van der Waals surface area (Å²) in [7, 11) is -3.14. The van der Waals surface area contributed by atoms with Crippen molar-refractivity contribution in [3.63, 3.8) is 0 Å². The van der Waals surface area contributed by atoms with E-state index >= 15 is 0 Å². The van der Waals surface area contributed by atoms with Crippen LogP contribution in [0.1, 0.15) is 5.56 Å². The second kappa shape index (κ2) is 7.49. The van der Waals surface area contributed by atoms with Crippen molar-refractivity contribution in [2.45, 2.75) is 0 Å². The Morgan fingerprint density at radius 2 is 1.44 bits per heavy atom. The van der Waals surface area contributed by atoms with E-state index in [0.717, 1.165) is 11.3 Å². The standard InChI is InChI=1S/C21H16NOPS/c1-2-17-10-9-11-18(16-17)22-21(25)24(23,19-12-5-3-6-13-19)20-14-7-4-8-15-20/h1,3-16H,(H,22,25). The van der Waals surface area contributed by atoms with Crippen molar-refractivity contribution in [2.75, 3.05) is 5.32 Å². The van der Waals surface area contributed by atoms with Crippen LogP contribution in [0, 0.1) is 12.3 Å². The Hall–Kier alpha value is -2.66. The first-order chi connectivity index (χ1) is 12.1. The van der Waals surface area contributed by atoms with Crippen molar-refractivity contribution >= 4 is 40.4 Å². The van der Waals surface area contributed by atoms with Crippen LogP contribution in [-0.4, -0.2) is 4.73 Å². The first-order valence-corrected chi connectivity index (χ1v) is 9.85. The fourth-order valence-corrected chi connectivity index (χ4v) is 5.54. The van der Waals surface area contributed by atoms with Gasteiger partial charge in [-0.2, -0.15) is 0 Å². The van der Waals surface area contributed by atoms with Crippen molar-refractivity contribution in [2.24, 2.45) is 0 Å². The summed E-state index contributed by atoms with van der Waals surface area (Å²) in [5.74, 6) is 2.59. The molecule has 3 aromatic rings. The van der Waals surface area contributed by atoms with E-state index in [9.17, 15) is 4.57 Å². The molecule has 4 heteroatoms. The molecule has 0 aliphatic rings. The SMILES string of the molecule is C#Cc1cccc(NC(=S)P(=O)(c2ccccc2)c2ccccc2)c1. The van der Waals surface area contributed by atoms with Crippen LogP contribution >= 0.6 is 19.4 Å². The van der Waals surface area contributed by atoms with Crippen LogP contribution in [0.2, 0.25) is 0 Å². The zero-order valence-corrected chi connectivity index (χ0v) is 15.1. The third kappa shape index (κ3) is 3.56. The zero-order chi connectivity index (χ0) is 17.7. The minimum absolute atomic E-state index is 0.291. The van der Waals surface area contributed by atoms with Crippen molar-refractivity contribution in [3.8, 4) is 12.3 Å². The third-order valence-electron chi connectivity index (χ3n) is 3.81. The van der Waals surface area contributed by atoms with Gasteiger partial charge in [0.15, 0.2) is 7.14 Å². The summed E-state index contributed by atoms with van der Waals surface area (Å²) in [6.07, 6.45) is 5.45. The molecule has 0 aliphatic carbocycles. The van der Waals surface area contributed by atoms with E-state index in [1.807, 2.05) is 84.9 Å². The molecule has 0 fully saturated rings. The van der Waals surface area contributed by atoms with E-state index in [4.69, 9.17) is 18.6 Å². The van der Waals surface area contributed by atoms with Crippen LogP contribution in [0.25, 0.3) is 0 Å². The maximum absolute atomic E-state index is 14.0. The molecule has 3 rings (SSSR count). The van der Waals surface area contributed by atoms with Gasteiger partial charge < -0.3 is 9.88 Å². The number of hydrogen-bond acceptors (Lipinski definition) is 2. The number of benzene rings is 3. The second-order valence-electron chi connectivity index (χ2n) is 5.44. The number of nitrogens with one attached hydrogen (secondary N) is 1. The largest absolute Gasteiger partial charge is 0.343 e. The summed E-state index contributed by atoms with van der Waals surface area (Å²) in [5, 5.41) is 4.53. The quantitative estimate of drug-likeness (QED) is 0.425. The molecule has 0 saturated heterocycles. The predicted octanol–water partition coefficient (Wildman–Crippen LogP) is 4.38. The molecular formula is C21H16NOPS. The highest BCUT2D eigenvalue weighted by molar-refractivity contribution is 8.08. The highest BCUT2D eigenvalue weighted by Gasteiger charge is 2.32. The van der Waals surface area contributed by atoms with Gasteiger partial charge in [0.25, 0.3) is 0 Å². The second-order valence-corrected chi connectivity index (χ2v) is 8.85. The van der Waals surface area contributed by atoms with Gasteiger partial charge in [-0.25, -0.2) is 0 Å². The molecule has 0 atom stereocenters. The van der Waals surface area contributed by atoms with Crippen LogP contribution in [0.4, 0.5) is 5.69 Å². The molecule has 122 valence electrons. The lowest BCUT2D eigenvalue weighted by Gasteiger charge is -2.21. The average Bonchev–Trinajstić information content (AvgIpc) is 2.68. The average molecular weight is 361 g/mol. The maximum atomic E-state index is 14.0. The fourth-order valence-electron chi connectivity index (χ4n) is 2.55. The van der Waals surface area contributed by atoms with Gasteiger partial charge in [-0.3, -0.25) is 0 Å². The summed E-state index contributed by atoms with van der Waals surface area (Å²) in [6.45, 7) is 0. The first kappa shape index (κ1) is 17.2. The van der Waals surface area contributed by atoms with Crippen LogP contribution < -0.4 is 15.9 Å². The predicted molar refractivity (Wildman–Crippen MR) is 110 cm³/mol. The molecule has 2 nitrogen and oxygen atoms in total. The Kier molecular flexibility index (Phi) is 5.14. The van der Waals surface area contributed by atoms with E-state index in [2.05, 4.69) is 11.2 Å². The molecule has 0 bridgehead atoms. The van der Waals surface area contributed by atoms with Gasteiger partial charge in [-0.05, 0) is 18.2 Å². The third-order valence-corrected chi connectivity index (χ3v) is 7.41. The van der Waals surface area contributed by atoms with Crippen LogP contribution in [0.3, 0.4) is 0 Å². The van der Waals surface area contributed by atoms with Crippen LogP contribution in [-0.2, 0) is 4.57 Å². The molecule has 0 spiro atoms. The van der Waals surface area contributed by atoms with Gasteiger partial charge in [0.05, 0.1) is 0 Å². The smallest absolute Gasteiger partial charge is 0.197 e. The molecule has 1 N–H and O–H groups in total. The number of terminal acetylenes is 1. The van der Waals surface area contributed by atoms with Crippen LogP contribution in [0.15, 0.2) is 84.9 Å². The summed E-state index contributed by atoms with van der Waals surface area (Å²) in [4.78, 5) is 0. The van der Waals surface area contributed by atoms with Gasteiger partial charge in [-0.15, -0.1) is 6.42 Å². The minimum atomic E-state index is -3.14. The highest BCUT2D eigenvalue weighted by atomic mass is 32.1. The number of anilines is 1. The summed E-state index contributed by atoms with van der Waals surface area (Å²) >= 11 is 5.59. The van der Waals surface area contributed by atoms with Gasteiger partial charge in [-0.1, -0.05) is 84.9 Å². The Balaban J connectivity index is 2.05. The molecule has 0 aliphatic heterocycles. The zero-order valence-electron chi connectivity index (χ0n) is 13.4.